The summed E-state index contributed by atoms with van der Waals surface area (Å²) in [5.41, 5.74) is -0.167. The van der Waals surface area contributed by atoms with Crippen LogP contribution in [0.5, 0.6) is 0 Å². The fourth-order valence-electron chi connectivity index (χ4n) is 2.25. The van der Waals surface area contributed by atoms with Gasteiger partial charge in [0, 0.05) is 26.2 Å². The number of rotatable bonds is 5. The van der Waals surface area contributed by atoms with Gasteiger partial charge in [-0.3, -0.25) is 0 Å². The summed E-state index contributed by atoms with van der Waals surface area (Å²) in [6.45, 7) is 3.44. The summed E-state index contributed by atoms with van der Waals surface area (Å²) < 4.78 is 39.9. The van der Waals surface area contributed by atoms with Gasteiger partial charge in [-0.1, -0.05) is 59.9 Å². The van der Waals surface area contributed by atoms with Gasteiger partial charge in [0.05, 0.1) is 11.3 Å². The maximum absolute atomic E-state index is 13.3. The van der Waals surface area contributed by atoms with E-state index in [0.717, 1.165) is 6.07 Å². The molecule has 0 aromatic heterocycles. The van der Waals surface area contributed by atoms with Gasteiger partial charge in [-0.05, 0) is 36.2 Å². The van der Waals surface area contributed by atoms with E-state index in [-0.39, 0.29) is 28.8 Å². The summed E-state index contributed by atoms with van der Waals surface area (Å²) in [7, 11) is 0. The first-order chi connectivity index (χ1) is 12.1. The molecule has 2 aromatic carbocycles. The lowest BCUT2D eigenvalue weighted by atomic mass is 9.95. The van der Waals surface area contributed by atoms with Gasteiger partial charge in [-0.2, -0.15) is 13.2 Å². The Hall–Kier alpha value is -1.43. The number of oxime groups is 1. The summed E-state index contributed by atoms with van der Waals surface area (Å²) in [4.78, 5) is 5.28. The molecule has 0 saturated carbocycles. The van der Waals surface area contributed by atoms with Gasteiger partial charge >= 0.3 is 6.18 Å². The predicted octanol–water partition coefficient (Wildman–Crippen LogP) is 7.24. The van der Waals surface area contributed by atoms with E-state index in [9.17, 15) is 13.2 Å². The molecule has 0 N–H and O–H groups in total. The first-order valence-electron chi connectivity index (χ1n) is 7.60. The van der Waals surface area contributed by atoms with E-state index in [4.69, 9.17) is 39.6 Å². The Labute approximate surface area is 164 Å². The minimum atomic E-state index is -4.53. The Morgan fingerprint density at radius 1 is 1.04 bits per heavy atom. The third kappa shape index (κ3) is 5.29. The van der Waals surface area contributed by atoms with Crippen molar-refractivity contribution < 1.29 is 18.0 Å². The van der Waals surface area contributed by atoms with Crippen LogP contribution in [-0.2, 0) is 17.6 Å². The van der Waals surface area contributed by atoms with E-state index >= 15 is 0 Å². The van der Waals surface area contributed by atoms with E-state index < -0.39 is 11.7 Å². The molecule has 0 amide bonds. The molecule has 26 heavy (non-hydrogen) atoms. The van der Waals surface area contributed by atoms with E-state index in [2.05, 4.69) is 5.16 Å². The van der Waals surface area contributed by atoms with Gasteiger partial charge in [-0.15, -0.1) is 0 Å². The van der Waals surface area contributed by atoms with Crippen molar-refractivity contribution in [2.75, 3.05) is 0 Å². The van der Waals surface area contributed by atoms with Crippen molar-refractivity contribution >= 4 is 40.5 Å². The van der Waals surface area contributed by atoms with Crippen molar-refractivity contribution in [2.24, 2.45) is 11.1 Å². The van der Waals surface area contributed by atoms with E-state index in [1.165, 1.54) is 12.1 Å². The summed E-state index contributed by atoms with van der Waals surface area (Å²) in [5, 5.41) is 4.97. The van der Waals surface area contributed by atoms with Gasteiger partial charge in [0.1, 0.15) is 6.61 Å². The highest BCUT2D eigenvalue weighted by molar-refractivity contribution is 6.35. The lowest BCUT2D eigenvalue weighted by molar-refractivity contribution is -0.137. The van der Waals surface area contributed by atoms with Crippen LogP contribution in [-0.4, -0.2) is 5.71 Å². The van der Waals surface area contributed by atoms with Crippen molar-refractivity contribution in [1.29, 1.82) is 0 Å². The number of nitrogens with zero attached hydrogens (tertiary/aromatic N) is 1. The third-order valence-electron chi connectivity index (χ3n) is 3.51. The highest BCUT2D eigenvalue weighted by Gasteiger charge is 2.35. The van der Waals surface area contributed by atoms with Crippen LogP contribution in [0.25, 0.3) is 0 Å². The first-order valence-corrected chi connectivity index (χ1v) is 8.74. The van der Waals surface area contributed by atoms with Crippen molar-refractivity contribution in [3.05, 3.63) is 68.2 Å². The monoisotopic (exact) mass is 423 g/mol. The third-order valence-corrected chi connectivity index (χ3v) is 4.33. The predicted molar refractivity (Wildman–Crippen MR) is 99.1 cm³/mol. The molecular formula is C18H15Cl3F3NO. The fraction of sp³-hybridized carbons (Fsp3) is 0.278. The standard InChI is InChI=1S/C18H15Cl3F3NO/c1-10(2)17(14-7-12(19)5-6-15(14)18(22,23)24)25-26-9-11-3-4-13(20)8-16(11)21/h3-8,10H,9H2,1-2H3. The topological polar surface area (TPSA) is 21.6 Å². The van der Waals surface area contributed by atoms with Gasteiger partial charge in [-0.25, -0.2) is 0 Å². The van der Waals surface area contributed by atoms with Crippen LogP contribution in [0.4, 0.5) is 13.2 Å². The molecule has 0 fully saturated rings. The molecule has 0 aliphatic heterocycles. The van der Waals surface area contributed by atoms with Crippen LogP contribution >= 0.6 is 34.8 Å². The summed E-state index contributed by atoms with van der Waals surface area (Å²) >= 11 is 17.8. The molecule has 2 rings (SSSR count). The maximum Gasteiger partial charge on any atom is 0.417 e. The van der Waals surface area contributed by atoms with E-state index in [1.807, 2.05) is 0 Å². The minimum absolute atomic E-state index is 0.00581. The average molecular weight is 425 g/mol. The lowest BCUT2D eigenvalue weighted by Crippen LogP contribution is -2.18. The zero-order valence-electron chi connectivity index (χ0n) is 13.9. The Morgan fingerprint density at radius 3 is 2.23 bits per heavy atom. The van der Waals surface area contributed by atoms with Crippen LogP contribution in [0.15, 0.2) is 41.6 Å². The highest BCUT2D eigenvalue weighted by Crippen LogP contribution is 2.34. The molecule has 8 heteroatoms. The molecule has 0 unspecified atom stereocenters. The summed E-state index contributed by atoms with van der Waals surface area (Å²) in [5.74, 6) is -0.324. The normalized spacial score (nSPS) is 12.6. The zero-order chi connectivity index (χ0) is 19.5. The van der Waals surface area contributed by atoms with Crippen LogP contribution in [0.2, 0.25) is 15.1 Å². The van der Waals surface area contributed by atoms with Crippen LogP contribution in [0, 0.1) is 5.92 Å². The summed E-state index contributed by atoms with van der Waals surface area (Å²) in [6.07, 6.45) is -4.53. The SMILES string of the molecule is CC(C)C(=NOCc1ccc(Cl)cc1Cl)c1cc(Cl)ccc1C(F)(F)F. The molecule has 0 radical (unpaired) electrons. The highest BCUT2D eigenvalue weighted by atomic mass is 35.5. The van der Waals surface area contributed by atoms with Crippen molar-refractivity contribution in [3.63, 3.8) is 0 Å². The molecule has 0 bridgehead atoms. The van der Waals surface area contributed by atoms with Crippen molar-refractivity contribution in [2.45, 2.75) is 26.6 Å². The number of alkyl halides is 3. The van der Waals surface area contributed by atoms with Crippen LogP contribution in [0.3, 0.4) is 0 Å². The number of hydrogen-bond donors (Lipinski definition) is 0. The Kier molecular flexibility index (Phi) is 6.83. The average Bonchev–Trinajstić information content (AvgIpc) is 2.51. The van der Waals surface area contributed by atoms with Gasteiger partial charge < -0.3 is 4.84 Å². The first kappa shape index (κ1) is 20.9. The number of halogens is 6. The molecule has 0 aliphatic carbocycles. The molecule has 0 heterocycles. The second-order valence-electron chi connectivity index (χ2n) is 5.83. The van der Waals surface area contributed by atoms with Crippen LogP contribution < -0.4 is 0 Å². The Morgan fingerprint density at radius 2 is 1.65 bits per heavy atom. The smallest absolute Gasteiger partial charge is 0.391 e. The van der Waals surface area contributed by atoms with E-state index in [0.29, 0.717) is 15.6 Å². The zero-order valence-corrected chi connectivity index (χ0v) is 16.1. The molecule has 0 aliphatic rings. The van der Waals surface area contributed by atoms with Gasteiger partial charge in [0.15, 0.2) is 0 Å². The van der Waals surface area contributed by atoms with E-state index in [1.54, 1.807) is 32.0 Å². The largest absolute Gasteiger partial charge is 0.417 e. The molecule has 0 saturated heterocycles. The Balaban J connectivity index is 2.34. The summed E-state index contributed by atoms with van der Waals surface area (Å²) in [6, 6.07) is 8.22. The van der Waals surface area contributed by atoms with Crippen LogP contribution in [0.1, 0.15) is 30.5 Å². The Bertz CT molecular complexity index is 820. The molecule has 140 valence electrons. The second kappa shape index (κ2) is 8.51. The second-order valence-corrected chi connectivity index (χ2v) is 7.11. The molecule has 0 spiro atoms. The molecule has 2 nitrogen and oxygen atoms in total. The number of hydrogen-bond acceptors (Lipinski definition) is 2. The molecule has 2 aromatic rings. The number of benzene rings is 2. The molecular weight excluding hydrogens is 410 g/mol. The fourth-order valence-corrected chi connectivity index (χ4v) is 2.89. The van der Waals surface area contributed by atoms with Crippen molar-refractivity contribution in [1.82, 2.24) is 0 Å². The molecule has 0 atom stereocenters. The van der Waals surface area contributed by atoms with Gasteiger partial charge in [0.2, 0.25) is 0 Å². The van der Waals surface area contributed by atoms with Crippen molar-refractivity contribution in [3.8, 4) is 0 Å². The quantitative estimate of drug-likeness (QED) is 0.366. The van der Waals surface area contributed by atoms with Gasteiger partial charge in [0.25, 0.3) is 0 Å². The minimum Gasteiger partial charge on any atom is -0.391 e. The lowest BCUT2D eigenvalue weighted by Gasteiger charge is -2.17. The maximum atomic E-state index is 13.3.